The van der Waals surface area contributed by atoms with Crippen LogP contribution in [-0.4, -0.2) is 22.9 Å². The molecule has 0 atom stereocenters. The van der Waals surface area contributed by atoms with Crippen molar-refractivity contribution >= 4 is 22.9 Å². The lowest BCUT2D eigenvalue weighted by Gasteiger charge is -2.13. The molecule has 0 amide bonds. The molecule has 1 N–H and O–H groups in total. The van der Waals surface area contributed by atoms with Gasteiger partial charge in [-0.1, -0.05) is 36.4 Å². The van der Waals surface area contributed by atoms with Gasteiger partial charge in [0.15, 0.2) is 11.6 Å². The number of nitrogens with one attached hydrogen (secondary N) is 1. The number of rotatable bonds is 7. The van der Waals surface area contributed by atoms with E-state index in [1.54, 1.807) is 48.5 Å². The normalized spacial score (nSPS) is 11.1. The molecular formula is C28H21F3N2O3. The molecule has 0 radical (unpaired) electrons. The van der Waals surface area contributed by atoms with E-state index in [2.05, 4.69) is 10.1 Å². The fraction of sp³-hybridized carbons (Fsp3) is 0.107. The minimum atomic E-state index is -4.77. The molecule has 0 unspecified atom stereocenters. The summed E-state index contributed by atoms with van der Waals surface area (Å²) in [6, 6.07) is 23.0. The summed E-state index contributed by atoms with van der Waals surface area (Å²) in [4.78, 5) is 28.6. The lowest BCUT2D eigenvalue weighted by Crippen LogP contribution is -2.16. The summed E-state index contributed by atoms with van der Waals surface area (Å²) >= 11 is 0. The molecule has 5 nitrogen and oxygen atoms in total. The van der Waals surface area contributed by atoms with Gasteiger partial charge in [0.25, 0.3) is 0 Å². The Labute approximate surface area is 205 Å². The molecule has 36 heavy (non-hydrogen) atoms. The van der Waals surface area contributed by atoms with Crippen LogP contribution >= 0.6 is 0 Å². The maximum Gasteiger partial charge on any atom is 0.573 e. The number of ether oxygens (including phenoxy) is 1. The predicted molar refractivity (Wildman–Crippen MR) is 132 cm³/mol. The van der Waals surface area contributed by atoms with Crippen LogP contribution in [0.1, 0.15) is 34.6 Å². The summed E-state index contributed by atoms with van der Waals surface area (Å²) in [5.74, 6) is -0.491. The van der Waals surface area contributed by atoms with Crippen molar-refractivity contribution in [2.45, 2.75) is 20.2 Å². The van der Waals surface area contributed by atoms with Crippen LogP contribution in [0.15, 0.2) is 84.9 Å². The van der Waals surface area contributed by atoms with Gasteiger partial charge < -0.3 is 10.1 Å². The van der Waals surface area contributed by atoms with Gasteiger partial charge in [0, 0.05) is 33.6 Å². The second kappa shape index (κ2) is 10.0. The fourth-order valence-corrected chi connectivity index (χ4v) is 3.60. The number of carbonyl (C=O) groups is 2. The zero-order valence-electron chi connectivity index (χ0n) is 19.4. The molecule has 1 aromatic heterocycles. The molecule has 3 aromatic carbocycles. The summed E-state index contributed by atoms with van der Waals surface area (Å²) in [6.07, 6.45) is -4.77. The van der Waals surface area contributed by atoms with Crippen molar-refractivity contribution in [3.05, 3.63) is 96.1 Å². The van der Waals surface area contributed by atoms with Crippen LogP contribution < -0.4 is 10.1 Å². The molecule has 0 fully saturated rings. The van der Waals surface area contributed by atoms with Crippen molar-refractivity contribution in [1.29, 1.82) is 0 Å². The summed E-state index contributed by atoms with van der Waals surface area (Å²) < 4.78 is 41.3. The number of hydrogen-bond donors (Lipinski definition) is 1. The molecule has 4 aromatic rings. The van der Waals surface area contributed by atoms with Gasteiger partial charge in [-0.3, -0.25) is 9.59 Å². The molecule has 0 aliphatic carbocycles. The average molecular weight is 490 g/mol. The average Bonchev–Trinajstić information content (AvgIpc) is 2.84. The second-order valence-electron chi connectivity index (χ2n) is 8.10. The number of Topliss-reactive ketones (excluding diaryl/α,β-unsaturated/α-hetero) is 2. The largest absolute Gasteiger partial charge is 0.573 e. The van der Waals surface area contributed by atoms with E-state index < -0.39 is 6.36 Å². The van der Waals surface area contributed by atoms with Gasteiger partial charge in [-0.25, -0.2) is 4.98 Å². The van der Waals surface area contributed by atoms with Gasteiger partial charge >= 0.3 is 6.36 Å². The third kappa shape index (κ3) is 6.15. The quantitative estimate of drug-likeness (QED) is 0.272. The van der Waals surface area contributed by atoms with Crippen LogP contribution in [-0.2, 0) is 0 Å². The van der Waals surface area contributed by atoms with Gasteiger partial charge in [0.2, 0.25) is 0 Å². The molecule has 0 saturated carbocycles. The highest BCUT2D eigenvalue weighted by atomic mass is 19.4. The highest BCUT2D eigenvalue weighted by molar-refractivity contribution is 5.96. The Morgan fingerprint density at radius 3 is 1.67 bits per heavy atom. The summed E-state index contributed by atoms with van der Waals surface area (Å²) in [5.41, 5.74) is 4.78. The number of pyridine rings is 1. The van der Waals surface area contributed by atoms with E-state index in [-0.39, 0.29) is 17.3 Å². The highest BCUT2D eigenvalue weighted by Gasteiger charge is 2.30. The van der Waals surface area contributed by atoms with Gasteiger partial charge in [-0.2, -0.15) is 0 Å². The first kappa shape index (κ1) is 24.7. The maximum absolute atomic E-state index is 12.5. The van der Waals surface area contributed by atoms with E-state index >= 15 is 0 Å². The van der Waals surface area contributed by atoms with E-state index in [9.17, 15) is 22.8 Å². The van der Waals surface area contributed by atoms with Crippen molar-refractivity contribution in [2.24, 2.45) is 0 Å². The smallest absolute Gasteiger partial charge is 0.406 e. The second-order valence-corrected chi connectivity index (χ2v) is 8.10. The third-order valence-corrected chi connectivity index (χ3v) is 5.33. The molecule has 182 valence electrons. The topological polar surface area (TPSA) is 68.3 Å². The third-order valence-electron chi connectivity index (χ3n) is 5.33. The number of aromatic nitrogens is 1. The lowest BCUT2D eigenvalue weighted by molar-refractivity contribution is -0.274. The number of benzene rings is 3. The Hall–Kier alpha value is -4.46. The monoisotopic (exact) mass is 490 g/mol. The number of anilines is 2. The Bertz CT molecular complexity index is 1360. The minimum absolute atomic E-state index is 0.0818. The predicted octanol–water partition coefficient (Wildman–Crippen LogP) is 7.46. The molecule has 0 aliphatic heterocycles. The van der Waals surface area contributed by atoms with Crippen molar-refractivity contribution < 1.29 is 27.5 Å². The molecule has 0 spiro atoms. The number of nitrogens with zero attached hydrogens (tertiary/aromatic N) is 1. The van der Waals surface area contributed by atoms with Crippen LogP contribution in [0.5, 0.6) is 5.75 Å². The number of carbonyl (C=O) groups excluding carboxylic acids is 2. The van der Waals surface area contributed by atoms with Gasteiger partial charge in [0.1, 0.15) is 5.75 Å². The van der Waals surface area contributed by atoms with Crippen LogP contribution in [0.4, 0.5) is 24.5 Å². The molecule has 4 rings (SSSR count). The van der Waals surface area contributed by atoms with Gasteiger partial charge in [0.05, 0.1) is 11.4 Å². The Morgan fingerprint density at radius 1 is 0.722 bits per heavy atom. The molecule has 0 bridgehead atoms. The van der Waals surface area contributed by atoms with E-state index in [0.717, 1.165) is 0 Å². The first-order valence-corrected chi connectivity index (χ1v) is 10.9. The summed E-state index contributed by atoms with van der Waals surface area (Å²) in [7, 11) is 0. The van der Waals surface area contributed by atoms with Crippen LogP contribution in [0.3, 0.4) is 0 Å². The zero-order valence-corrected chi connectivity index (χ0v) is 19.4. The van der Waals surface area contributed by atoms with Gasteiger partial charge in [-0.05, 0) is 62.4 Å². The molecular weight excluding hydrogens is 469 g/mol. The first-order chi connectivity index (χ1) is 17.1. The molecule has 0 saturated heterocycles. The SMILES string of the molecule is CC(=O)c1cccc(-c2cc(Nc3ccc(OC(F)(F)F)cc3)cc(-c3cccc(C(C)=O)c3)n2)c1. The summed E-state index contributed by atoms with van der Waals surface area (Å²) in [6.45, 7) is 2.96. The van der Waals surface area contributed by atoms with E-state index in [1.165, 1.54) is 38.1 Å². The van der Waals surface area contributed by atoms with Crippen LogP contribution in [0.25, 0.3) is 22.5 Å². The van der Waals surface area contributed by atoms with Crippen molar-refractivity contribution in [1.82, 2.24) is 4.98 Å². The minimum Gasteiger partial charge on any atom is -0.406 e. The van der Waals surface area contributed by atoms with Crippen molar-refractivity contribution in [3.63, 3.8) is 0 Å². The van der Waals surface area contributed by atoms with Crippen LogP contribution in [0, 0.1) is 0 Å². The van der Waals surface area contributed by atoms with Crippen molar-refractivity contribution in [3.8, 4) is 28.3 Å². The molecule has 1 heterocycles. The standard InChI is InChI=1S/C28H21F3N2O3/c1-17(34)19-5-3-7-21(13-19)26-15-24(32-23-9-11-25(12-10-23)36-28(29,30)31)16-27(33-26)22-8-4-6-20(14-22)18(2)35/h3-16H,1-2H3,(H,32,33). The molecule has 8 heteroatoms. The first-order valence-electron chi connectivity index (χ1n) is 10.9. The zero-order chi connectivity index (χ0) is 25.9. The van der Waals surface area contributed by atoms with E-state index in [1.807, 2.05) is 12.1 Å². The highest BCUT2D eigenvalue weighted by Crippen LogP contribution is 2.31. The number of hydrogen-bond acceptors (Lipinski definition) is 5. The Balaban J connectivity index is 1.76. The fourth-order valence-electron chi connectivity index (χ4n) is 3.60. The molecule has 0 aliphatic rings. The summed E-state index contributed by atoms with van der Waals surface area (Å²) in [5, 5.41) is 3.18. The lowest BCUT2D eigenvalue weighted by atomic mass is 10.0. The number of ketones is 2. The number of halogens is 3. The Kier molecular flexibility index (Phi) is 6.87. The van der Waals surface area contributed by atoms with Gasteiger partial charge in [-0.15, -0.1) is 13.2 Å². The van der Waals surface area contributed by atoms with Crippen LogP contribution in [0.2, 0.25) is 0 Å². The Morgan fingerprint density at radius 2 is 1.22 bits per heavy atom. The van der Waals surface area contributed by atoms with E-state index in [0.29, 0.717) is 45.0 Å². The van der Waals surface area contributed by atoms with E-state index in [4.69, 9.17) is 4.98 Å². The number of alkyl halides is 3. The maximum atomic E-state index is 12.5. The van der Waals surface area contributed by atoms with Crippen molar-refractivity contribution in [2.75, 3.05) is 5.32 Å².